The molecular weight excluding hydrogens is 322 g/mol. The third kappa shape index (κ3) is 4.55. The van der Waals surface area contributed by atoms with Crippen molar-refractivity contribution in [1.82, 2.24) is 10.2 Å². The summed E-state index contributed by atoms with van der Waals surface area (Å²) < 4.78 is 0. The van der Waals surface area contributed by atoms with E-state index in [1.807, 2.05) is 20.8 Å². The Morgan fingerprint density at radius 1 is 1.28 bits per heavy atom. The quantitative estimate of drug-likeness (QED) is 0.672. The number of carbonyl (C=O) groups excluding carboxylic acids is 2. The smallest absolute Gasteiger partial charge is 0.272 e. The van der Waals surface area contributed by atoms with Crippen molar-refractivity contribution in [3.05, 3.63) is 39.4 Å². The summed E-state index contributed by atoms with van der Waals surface area (Å²) >= 11 is 0. The zero-order valence-corrected chi connectivity index (χ0v) is 15.2. The van der Waals surface area contributed by atoms with Crippen molar-refractivity contribution < 1.29 is 14.5 Å². The molecule has 1 aliphatic rings. The zero-order valence-electron chi connectivity index (χ0n) is 15.2. The third-order valence-corrected chi connectivity index (χ3v) is 4.20. The number of nitrogens with zero attached hydrogens (tertiary/aromatic N) is 2. The number of amides is 2. The summed E-state index contributed by atoms with van der Waals surface area (Å²) in [6.45, 7) is 7.82. The molecule has 1 aromatic rings. The second-order valence-corrected chi connectivity index (χ2v) is 7.51. The molecule has 0 spiro atoms. The summed E-state index contributed by atoms with van der Waals surface area (Å²) in [5.41, 5.74) is 0.423. The molecule has 2 amide bonds. The molecule has 0 aromatic heterocycles. The van der Waals surface area contributed by atoms with E-state index in [9.17, 15) is 19.7 Å². The number of nitro benzene ring substituents is 1. The SMILES string of the molecule is Cc1cc(C(=O)N2CCCC[C@@H]2C(=O)NC(C)(C)C)ccc1[N+](=O)[O-]. The highest BCUT2D eigenvalue weighted by atomic mass is 16.6. The van der Waals surface area contributed by atoms with Crippen LogP contribution in [0, 0.1) is 17.0 Å². The molecule has 1 fully saturated rings. The van der Waals surface area contributed by atoms with Crippen LogP contribution >= 0.6 is 0 Å². The van der Waals surface area contributed by atoms with Gasteiger partial charge in [-0.25, -0.2) is 0 Å². The largest absolute Gasteiger partial charge is 0.350 e. The highest BCUT2D eigenvalue weighted by molar-refractivity contribution is 5.98. The van der Waals surface area contributed by atoms with Crippen LogP contribution in [0.15, 0.2) is 18.2 Å². The fourth-order valence-electron chi connectivity index (χ4n) is 3.06. The molecule has 1 aromatic carbocycles. The van der Waals surface area contributed by atoms with Gasteiger partial charge in [-0.1, -0.05) is 0 Å². The number of aryl methyl sites for hydroxylation is 1. The lowest BCUT2D eigenvalue weighted by Crippen LogP contribution is -2.55. The van der Waals surface area contributed by atoms with Gasteiger partial charge in [0.2, 0.25) is 5.91 Å². The van der Waals surface area contributed by atoms with Crippen LogP contribution in [0.5, 0.6) is 0 Å². The molecule has 0 aliphatic carbocycles. The minimum atomic E-state index is -0.504. The maximum Gasteiger partial charge on any atom is 0.272 e. The summed E-state index contributed by atoms with van der Waals surface area (Å²) in [4.78, 5) is 37.5. The molecule has 136 valence electrons. The van der Waals surface area contributed by atoms with E-state index in [1.54, 1.807) is 11.8 Å². The van der Waals surface area contributed by atoms with Crippen LogP contribution in [0.2, 0.25) is 0 Å². The Balaban J connectivity index is 2.24. The van der Waals surface area contributed by atoms with Gasteiger partial charge in [-0.15, -0.1) is 0 Å². The van der Waals surface area contributed by atoms with E-state index >= 15 is 0 Å². The summed E-state index contributed by atoms with van der Waals surface area (Å²) in [6.07, 6.45) is 2.36. The molecule has 2 rings (SSSR count). The lowest BCUT2D eigenvalue weighted by Gasteiger charge is -2.36. The average Bonchev–Trinajstić information content (AvgIpc) is 2.52. The number of benzene rings is 1. The predicted molar refractivity (Wildman–Crippen MR) is 94.4 cm³/mol. The summed E-state index contributed by atoms with van der Waals surface area (Å²) in [6, 6.07) is 3.82. The van der Waals surface area contributed by atoms with Crippen molar-refractivity contribution >= 4 is 17.5 Å². The Morgan fingerprint density at radius 2 is 1.96 bits per heavy atom. The van der Waals surface area contributed by atoms with E-state index in [0.717, 1.165) is 12.8 Å². The van der Waals surface area contributed by atoms with Crippen molar-refractivity contribution in [3.63, 3.8) is 0 Å². The second kappa shape index (κ2) is 7.21. The topological polar surface area (TPSA) is 92.6 Å². The summed E-state index contributed by atoms with van der Waals surface area (Å²) in [7, 11) is 0. The van der Waals surface area contributed by atoms with E-state index in [0.29, 0.717) is 24.1 Å². The Kier molecular flexibility index (Phi) is 5.45. The molecule has 1 N–H and O–H groups in total. The van der Waals surface area contributed by atoms with Crippen molar-refractivity contribution in [3.8, 4) is 0 Å². The maximum atomic E-state index is 12.9. The minimum Gasteiger partial charge on any atom is -0.350 e. The Labute approximate surface area is 147 Å². The van der Waals surface area contributed by atoms with E-state index in [2.05, 4.69) is 5.32 Å². The van der Waals surface area contributed by atoms with Gasteiger partial charge in [0, 0.05) is 29.3 Å². The first-order valence-electron chi connectivity index (χ1n) is 8.48. The standard InChI is InChI=1S/C18H25N3O4/c1-12-11-13(8-9-14(12)21(24)25)17(23)20-10-6-5-7-15(20)16(22)19-18(2,3)4/h8-9,11,15H,5-7,10H2,1-4H3,(H,19,22)/t15-/m1/s1. The van der Waals surface area contributed by atoms with E-state index < -0.39 is 11.0 Å². The lowest BCUT2D eigenvalue weighted by atomic mass is 9.98. The van der Waals surface area contributed by atoms with Gasteiger partial charge in [0.1, 0.15) is 6.04 Å². The summed E-state index contributed by atoms with van der Waals surface area (Å²) in [5, 5.41) is 13.9. The van der Waals surface area contributed by atoms with Crippen molar-refractivity contribution in [2.75, 3.05) is 6.54 Å². The van der Waals surface area contributed by atoms with Gasteiger partial charge in [0.05, 0.1) is 4.92 Å². The number of hydrogen-bond acceptors (Lipinski definition) is 4. The first-order chi connectivity index (χ1) is 11.6. The molecule has 1 heterocycles. The molecule has 25 heavy (non-hydrogen) atoms. The van der Waals surface area contributed by atoms with Crippen LogP contribution in [-0.2, 0) is 4.79 Å². The van der Waals surface area contributed by atoms with Crippen LogP contribution in [-0.4, -0.2) is 39.8 Å². The monoisotopic (exact) mass is 347 g/mol. The predicted octanol–water partition coefficient (Wildman–Crippen LogP) is 2.81. The molecule has 0 unspecified atom stereocenters. The number of nitro groups is 1. The highest BCUT2D eigenvalue weighted by Crippen LogP contribution is 2.24. The number of rotatable bonds is 3. The zero-order chi connectivity index (χ0) is 18.8. The van der Waals surface area contributed by atoms with Crippen LogP contribution < -0.4 is 5.32 Å². The minimum absolute atomic E-state index is 0.0165. The fourth-order valence-corrected chi connectivity index (χ4v) is 3.06. The molecule has 1 saturated heterocycles. The molecule has 1 atom stereocenters. The number of hydrogen-bond donors (Lipinski definition) is 1. The van der Waals surface area contributed by atoms with Gasteiger partial charge in [-0.2, -0.15) is 0 Å². The van der Waals surface area contributed by atoms with Gasteiger partial charge in [-0.3, -0.25) is 19.7 Å². The van der Waals surface area contributed by atoms with Gasteiger partial charge >= 0.3 is 0 Å². The Bertz CT molecular complexity index is 694. The van der Waals surface area contributed by atoms with Crippen LogP contribution in [0.25, 0.3) is 0 Å². The van der Waals surface area contributed by atoms with Crippen molar-refractivity contribution in [2.45, 2.75) is 58.5 Å². The van der Waals surface area contributed by atoms with Gasteiger partial charge < -0.3 is 10.2 Å². The van der Waals surface area contributed by atoms with Gasteiger partial charge in [-0.05, 0) is 59.1 Å². The maximum absolute atomic E-state index is 12.9. The fraction of sp³-hybridized carbons (Fsp3) is 0.556. The summed E-state index contributed by atoms with van der Waals surface area (Å²) in [5.74, 6) is -0.411. The van der Waals surface area contributed by atoms with Crippen molar-refractivity contribution in [2.24, 2.45) is 0 Å². The molecule has 0 saturated carbocycles. The number of nitrogens with one attached hydrogen (secondary N) is 1. The molecule has 0 radical (unpaired) electrons. The molecular formula is C18H25N3O4. The molecule has 0 bridgehead atoms. The van der Waals surface area contributed by atoms with Gasteiger partial charge in [0.15, 0.2) is 0 Å². The Hall–Kier alpha value is -2.44. The average molecular weight is 347 g/mol. The third-order valence-electron chi connectivity index (χ3n) is 4.20. The lowest BCUT2D eigenvalue weighted by molar-refractivity contribution is -0.385. The van der Waals surface area contributed by atoms with E-state index in [1.165, 1.54) is 18.2 Å². The highest BCUT2D eigenvalue weighted by Gasteiger charge is 2.34. The van der Waals surface area contributed by atoms with Crippen LogP contribution in [0.1, 0.15) is 56.0 Å². The number of piperidine rings is 1. The second-order valence-electron chi connectivity index (χ2n) is 7.51. The van der Waals surface area contributed by atoms with E-state index in [4.69, 9.17) is 0 Å². The van der Waals surface area contributed by atoms with E-state index in [-0.39, 0.29) is 23.0 Å². The normalized spacial score (nSPS) is 17.9. The van der Waals surface area contributed by atoms with Gasteiger partial charge in [0.25, 0.3) is 11.6 Å². The molecule has 1 aliphatic heterocycles. The number of carbonyl (C=O) groups is 2. The van der Waals surface area contributed by atoms with Crippen LogP contribution in [0.3, 0.4) is 0 Å². The molecule has 7 heteroatoms. The number of likely N-dealkylation sites (tertiary alicyclic amines) is 1. The first-order valence-corrected chi connectivity index (χ1v) is 8.48. The van der Waals surface area contributed by atoms with Crippen molar-refractivity contribution in [1.29, 1.82) is 0 Å². The Morgan fingerprint density at radius 3 is 2.52 bits per heavy atom. The van der Waals surface area contributed by atoms with Crippen LogP contribution in [0.4, 0.5) is 5.69 Å². The first kappa shape index (κ1) is 18.9. The molecule has 7 nitrogen and oxygen atoms in total.